The van der Waals surface area contributed by atoms with Crippen molar-refractivity contribution >= 4 is 22.9 Å². The second-order valence-electron chi connectivity index (χ2n) is 4.66. The number of benzene rings is 2. The zero-order chi connectivity index (χ0) is 15.5. The fourth-order valence-corrected chi connectivity index (χ4v) is 2.34. The highest BCUT2D eigenvalue weighted by molar-refractivity contribution is 6.19. The van der Waals surface area contributed by atoms with Crippen molar-refractivity contribution < 1.29 is 4.92 Å². The zero-order valence-electron chi connectivity index (χ0n) is 11.6. The SMILES string of the molecule is NNC1=Nc2cccc([N+](=O)[O-])c2C(c2ccccc2)=NC1. The van der Waals surface area contributed by atoms with Crippen molar-refractivity contribution in [2.45, 2.75) is 0 Å². The summed E-state index contributed by atoms with van der Waals surface area (Å²) in [6.45, 7) is 0.229. The van der Waals surface area contributed by atoms with Crippen LogP contribution in [0.1, 0.15) is 11.1 Å². The second kappa shape index (κ2) is 5.74. The molecule has 2 aromatic carbocycles. The molecule has 1 aliphatic rings. The molecule has 3 N–H and O–H groups in total. The van der Waals surface area contributed by atoms with Gasteiger partial charge in [0, 0.05) is 11.6 Å². The van der Waals surface area contributed by atoms with Gasteiger partial charge in [0.1, 0.15) is 11.4 Å². The summed E-state index contributed by atoms with van der Waals surface area (Å²) in [5.74, 6) is 5.88. The lowest BCUT2D eigenvalue weighted by Crippen LogP contribution is -2.32. The van der Waals surface area contributed by atoms with Crippen molar-refractivity contribution in [2.24, 2.45) is 15.8 Å². The molecule has 0 saturated heterocycles. The largest absolute Gasteiger partial charge is 0.310 e. The molecule has 0 amide bonds. The van der Waals surface area contributed by atoms with Gasteiger partial charge in [-0.25, -0.2) is 10.8 Å². The van der Waals surface area contributed by atoms with Crippen LogP contribution < -0.4 is 11.3 Å². The van der Waals surface area contributed by atoms with Gasteiger partial charge in [-0.15, -0.1) is 0 Å². The Bertz CT molecular complexity index is 784. The van der Waals surface area contributed by atoms with Crippen LogP contribution in [0.4, 0.5) is 11.4 Å². The summed E-state index contributed by atoms with van der Waals surface area (Å²) in [5, 5.41) is 11.4. The molecule has 0 unspecified atom stereocenters. The molecule has 0 saturated carbocycles. The number of amidine groups is 1. The van der Waals surface area contributed by atoms with E-state index < -0.39 is 4.92 Å². The van der Waals surface area contributed by atoms with Gasteiger partial charge >= 0.3 is 0 Å². The highest BCUT2D eigenvalue weighted by Gasteiger charge is 2.25. The number of nitro groups is 1. The number of nitrogens with zero attached hydrogens (tertiary/aromatic N) is 3. The Morgan fingerprint density at radius 3 is 2.59 bits per heavy atom. The summed E-state index contributed by atoms with van der Waals surface area (Å²) in [4.78, 5) is 19.8. The summed E-state index contributed by atoms with van der Waals surface area (Å²) < 4.78 is 0. The summed E-state index contributed by atoms with van der Waals surface area (Å²) in [7, 11) is 0. The second-order valence-corrected chi connectivity index (χ2v) is 4.66. The van der Waals surface area contributed by atoms with Gasteiger partial charge in [0.2, 0.25) is 0 Å². The van der Waals surface area contributed by atoms with Gasteiger partial charge in [0.05, 0.1) is 22.9 Å². The molecule has 7 heteroatoms. The molecular weight excluding hydrogens is 282 g/mol. The van der Waals surface area contributed by atoms with Gasteiger partial charge in [0.25, 0.3) is 5.69 Å². The number of nitrogens with two attached hydrogens (primary N) is 1. The Kier molecular flexibility index (Phi) is 3.63. The van der Waals surface area contributed by atoms with Crippen LogP contribution in [0.3, 0.4) is 0 Å². The Morgan fingerprint density at radius 2 is 1.91 bits per heavy atom. The normalized spacial score (nSPS) is 13.5. The maximum atomic E-state index is 11.4. The number of hydrogen-bond acceptors (Lipinski definition) is 6. The molecule has 0 radical (unpaired) electrons. The maximum absolute atomic E-state index is 11.4. The molecule has 0 aliphatic carbocycles. The van der Waals surface area contributed by atoms with E-state index in [-0.39, 0.29) is 12.2 Å². The van der Waals surface area contributed by atoms with E-state index in [1.54, 1.807) is 12.1 Å². The van der Waals surface area contributed by atoms with Gasteiger partial charge in [-0.05, 0) is 6.07 Å². The average Bonchev–Trinajstić information content (AvgIpc) is 2.74. The van der Waals surface area contributed by atoms with Crippen LogP contribution in [-0.2, 0) is 0 Å². The third-order valence-corrected chi connectivity index (χ3v) is 3.31. The van der Waals surface area contributed by atoms with Crippen LogP contribution in [0.15, 0.2) is 58.5 Å². The molecule has 2 aromatic rings. The first-order valence-corrected chi connectivity index (χ1v) is 6.62. The number of nitrogens with one attached hydrogen (secondary N) is 1. The number of hydrogen-bond donors (Lipinski definition) is 2. The number of fused-ring (bicyclic) bond motifs is 1. The summed E-state index contributed by atoms with van der Waals surface area (Å²) in [5.41, 5.74) is 4.67. The topological polar surface area (TPSA) is 106 Å². The van der Waals surface area contributed by atoms with E-state index in [1.165, 1.54) is 6.07 Å². The van der Waals surface area contributed by atoms with Crippen LogP contribution in [0.2, 0.25) is 0 Å². The molecule has 3 rings (SSSR count). The van der Waals surface area contributed by atoms with Gasteiger partial charge < -0.3 is 5.43 Å². The minimum atomic E-state index is -0.423. The monoisotopic (exact) mass is 295 g/mol. The Balaban J connectivity index is 2.28. The minimum absolute atomic E-state index is 0.0258. The van der Waals surface area contributed by atoms with Crippen molar-refractivity contribution in [1.29, 1.82) is 0 Å². The molecule has 0 aromatic heterocycles. The van der Waals surface area contributed by atoms with Crippen molar-refractivity contribution in [3.63, 3.8) is 0 Å². The fourth-order valence-electron chi connectivity index (χ4n) is 2.34. The first kappa shape index (κ1) is 13.9. The highest BCUT2D eigenvalue weighted by atomic mass is 16.6. The third kappa shape index (κ3) is 2.45. The molecule has 0 spiro atoms. The standard InChI is InChI=1S/C15H13N5O2/c16-19-13-9-17-15(10-5-2-1-3-6-10)14-11(18-13)7-4-8-12(14)20(21)22/h1-8H,9,16H2,(H,18,19). The lowest BCUT2D eigenvalue weighted by molar-refractivity contribution is -0.385. The molecule has 110 valence electrons. The Labute approximate surface area is 126 Å². The molecule has 22 heavy (non-hydrogen) atoms. The summed E-state index contributed by atoms with van der Waals surface area (Å²) >= 11 is 0. The molecular formula is C15H13N5O2. The van der Waals surface area contributed by atoms with Gasteiger partial charge in [-0.1, -0.05) is 36.4 Å². The Morgan fingerprint density at radius 1 is 1.14 bits per heavy atom. The van der Waals surface area contributed by atoms with Crippen molar-refractivity contribution in [2.75, 3.05) is 6.54 Å². The quantitative estimate of drug-likeness (QED) is 0.501. The van der Waals surface area contributed by atoms with Crippen LogP contribution in [0.5, 0.6) is 0 Å². The number of nitro benzene ring substituents is 1. The minimum Gasteiger partial charge on any atom is -0.310 e. The van der Waals surface area contributed by atoms with Gasteiger partial charge in [-0.2, -0.15) is 0 Å². The predicted octanol–water partition coefficient (Wildman–Crippen LogP) is 1.94. The molecule has 1 heterocycles. The lowest BCUT2D eigenvalue weighted by atomic mass is 9.99. The smallest absolute Gasteiger partial charge is 0.280 e. The molecule has 7 nitrogen and oxygen atoms in total. The van der Waals surface area contributed by atoms with E-state index in [0.29, 0.717) is 22.8 Å². The summed E-state index contributed by atoms with van der Waals surface area (Å²) in [6, 6.07) is 14.1. The number of aliphatic imine (C=N–C) groups is 2. The van der Waals surface area contributed by atoms with Gasteiger partial charge in [-0.3, -0.25) is 15.1 Å². The van der Waals surface area contributed by atoms with Crippen molar-refractivity contribution in [3.05, 3.63) is 69.8 Å². The summed E-state index contributed by atoms with van der Waals surface area (Å²) in [6.07, 6.45) is 0. The van der Waals surface area contributed by atoms with E-state index in [9.17, 15) is 10.1 Å². The van der Waals surface area contributed by atoms with Crippen LogP contribution in [0, 0.1) is 10.1 Å². The molecule has 0 bridgehead atoms. The van der Waals surface area contributed by atoms with Gasteiger partial charge in [0.15, 0.2) is 0 Å². The number of rotatable bonds is 2. The highest BCUT2D eigenvalue weighted by Crippen LogP contribution is 2.32. The molecule has 1 aliphatic heterocycles. The van der Waals surface area contributed by atoms with Crippen molar-refractivity contribution in [1.82, 2.24) is 5.43 Å². The van der Waals surface area contributed by atoms with E-state index in [0.717, 1.165) is 5.56 Å². The number of hydrazine groups is 1. The van der Waals surface area contributed by atoms with Crippen LogP contribution in [0.25, 0.3) is 0 Å². The lowest BCUT2D eigenvalue weighted by Gasteiger charge is -2.08. The maximum Gasteiger partial charge on any atom is 0.280 e. The van der Waals surface area contributed by atoms with E-state index in [4.69, 9.17) is 5.84 Å². The zero-order valence-corrected chi connectivity index (χ0v) is 11.6. The predicted molar refractivity (Wildman–Crippen MR) is 84.5 cm³/mol. The van der Waals surface area contributed by atoms with Crippen molar-refractivity contribution in [3.8, 4) is 0 Å². The van der Waals surface area contributed by atoms with E-state index in [2.05, 4.69) is 15.4 Å². The molecule has 0 fully saturated rings. The third-order valence-electron chi connectivity index (χ3n) is 3.31. The Hall–Kier alpha value is -3.06. The first-order chi connectivity index (χ1) is 10.7. The first-order valence-electron chi connectivity index (χ1n) is 6.62. The average molecular weight is 295 g/mol. The van der Waals surface area contributed by atoms with E-state index >= 15 is 0 Å². The fraction of sp³-hybridized carbons (Fsp3) is 0.0667. The van der Waals surface area contributed by atoms with Crippen LogP contribution in [-0.4, -0.2) is 23.0 Å². The molecule has 0 atom stereocenters. The van der Waals surface area contributed by atoms with Crippen LogP contribution >= 0.6 is 0 Å². The van der Waals surface area contributed by atoms with E-state index in [1.807, 2.05) is 30.3 Å².